The van der Waals surface area contributed by atoms with Crippen molar-refractivity contribution in [3.63, 3.8) is 0 Å². The summed E-state index contributed by atoms with van der Waals surface area (Å²) in [4.78, 5) is 4.07. The summed E-state index contributed by atoms with van der Waals surface area (Å²) in [5, 5.41) is 9.04. The minimum absolute atomic E-state index is 0.00995. The molecular formula is C10H16N2O. The van der Waals surface area contributed by atoms with E-state index in [1.807, 2.05) is 0 Å². The molecule has 3 N–H and O–H groups in total. The maximum atomic E-state index is 9.04. The van der Waals surface area contributed by atoms with Gasteiger partial charge < -0.3 is 10.8 Å². The number of hydrogen-bond acceptors (Lipinski definition) is 3. The highest BCUT2D eigenvalue weighted by atomic mass is 16.3. The van der Waals surface area contributed by atoms with Crippen LogP contribution < -0.4 is 5.73 Å². The molecule has 1 atom stereocenters. The summed E-state index contributed by atoms with van der Waals surface area (Å²) in [5.41, 5.74) is 6.78. The van der Waals surface area contributed by atoms with E-state index in [-0.39, 0.29) is 17.2 Å². The van der Waals surface area contributed by atoms with E-state index in [9.17, 15) is 0 Å². The molecule has 3 heteroatoms. The molecule has 0 fully saturated rings. The van der Waals surface area contributed by atoms with Gasteiger partial charge in [0.25, 0.3) is 0 Å². The summed E-state index contributed by atoms with van der Waals surface area (Å²) in [6.45, 7) is 6.19. The zero-order valence-corrected chi connectivity index (χ0v) is 8.28. The zero-order chi connectivity index (χ0) is 10.1. The molecule has 1 heterocycles. The van der Waals surface area contributed by atoms with Crippen molar-refractivity contribution in [2.45, 2.75) is 26.8 Å². The first kappa shape index (κ1) is 9.99. The lowest BCUT2D eigenvalue weighted by molar-refractivity contribution is 0.321. The van der Waals surface area contributed by atoms with Gasteiger partial charge in [-0.3, -0.25) is 4.98 Å². The van der Waals surface area contributed by atoms with Crippen molar-refractivity contribution < 1.29 is 5.11 Å². The van der Waals surface area contributed by atoms with Crippen molar-refractivity contribution in [1.82, 2.24) is 4.98 Å². The van der Waals surface area contributed by atoms with Crippen molar-refractivity contribution >= 4 is 0 Å². The molecule has 0 spiro atoms. The highest BCUT2D eigenvalue weighted by Crippen LogP contribution is 2.29. The van der Waals surface area contributed by atoms with Crippen molar-refractivity contribution in [2.24, 2.45) is 11.1 Å². The number of nitrogens with zero attached hydrogens (tertiary/aromatic N) is 1. The van der Waals surface area contributed by atoms with E-state index < -0.39 is 0 Å². The molecule has 72 valence electrons. The fraction of sp³-hybridized carbons (Fsp3) is 0.500. The monoisotopic (exact) mass is 180 g/mol. The highest BCUT2D eigenvalue weighted by Gasteiger charge is 2.23. The molecule has 13 heavy (non-hydrogen) atoms. The second-order valence-electron chi connectivity index (χ2n) is 4.28. The van der Waals surface area contributed by atoms with Gasteiger partial charge in [0.05, 0.1) is 17.9 Å². The van der Waals surface area contributed by atoms with E-state index in [4.69, 9.17) is 10.8 Å². The normalized spacial score (nSPS) is 14.2. The van der Waals surface area contributed by atoms with Crippen LogP contribution in [0.3, 0.4) is 0 Å². The number of aromatic nitrogens is 1. The summed E-state index contributed by atoms with van der Waals surface area (Å²) >= 11 is 0. The van der Waals surface area contributed by atoms with Gasteiger partial charge in [0.15, 0.2) is 0 Å². The van der Waals surface area contributed by atoms with Crippen LogP contribution in [-0.4, -0.2) is 10.1 Å². The van der Waals surface area contributed by atoms with E-state index in [2.05, 4.69) is 25.8 Å². The third-order valence-electron chi connectivity index (χ3n) is 2.02. The van der Waals surface area contributed by atoms with E-state index in [1.165, 1.54) is 6.20 Å². The molecule has 0 unspecified atom stereocenters. The average Bonchev–Trinajstić information content (AvgIpc) is 2.03. The number of pyridine rings is 1. The highest BCUT2D eigenvalue weighted by molar-refractivity contribution is 5.20. The van der Waals surface area contributed by atoms with Crippen LogP contribution in [0.1, 0.15) is 32.5 Å². The Labute approximate surface area is 78.6 Å². The molecule has 0 aromatic carbocycles. The van der Waals surface area contributed by atoms with Crippen LogP contribution in [0.25, 0.3) is 0 Å². The molecule has 0 amide bonds. The summed E-state index contributed by atoms with van der Waals surface area (Å²) in [7, 11) is 0. The van der Waals surface area contributed by atoms with Gasteiger partial charge >= 0.3 is 0 Å². The maximum Gasteiger partial charge on any atom is 0.133 e. The molecule has 0 aliphatic rings. The quantitative estimate of drug-likeness (QED) is 0.693. The largest absolute Gasteiger partial charge is 0.506 e. The Hall–Kier alpha value is -1.09. The lowest BCUT2D eigenvalue weighted by Crippen LogP contribution is -2.26. The molecule has 0 aliphatic heterocycles. The Morgan fingerprint density at radius 1 is 1.38 bits per heavy atom. The number of nitrogens with two attached hydrogens (primary N) is 1. The van der Waals surface area contributed by atoms with Crippen molar-refractivity contribution in [3.05, 3.63) is 24.0 Å². The third kappa shape index (κ3) is 2.42. The number of rotatable bonds is 1. The Kier molecular flexibility index (Phi) is 2.57. The van der Waals surface area contributed by atoms with Crippen molar-refractivity contribution in [2.75, 3.05) is 0 Å². The minimum Gasteiger partial charge on any atom is -0.506 e. The van der Waals surface area contributed by atoms with Crippen LogP contribution in [0, 0.1) is 5.41 Å². The fourth-order valence-electron chi connectivity index (χ4n) is 1.03. The summed E-state index contributed by atoms with van der Waals surface area (Å²) in [6, 6.07) is 3.26. The molecule has 3 nitrogen and oxygen atoms in total. The second kappa shape index (κ2) is 3.34. The molecule has 0 aliphatic carbocycles. The predicted octanol–water partition coefficient (Wildman–Crippen LogP) is 1.83. The van der Waals surface area contributed by atoms with E-state index >= 15 is 0 Å². The fourth-order valence-corrected chi connectivity index (χ4v) is 1.03. The van der Waals surface area contributed by atoms with Gasteiger partial charge in [-0.1, -0.05) is 20.8 Å². The first-order chi connectivity index (χ1) is 5.91. The van der Waals surface area contributed by atoms with Crippen LogP contribution in [0.15, 0.2) is 18.3 Å². The smallest absolute Gasteiger partial charge is 0.133 e. The Morgan fingerprint density at radius 2 is 2.00 bits per heavy atom. The van der Waals surface area contributed by atoms with Crippen molar-refractivity contribution in [3.8, 4) is 5.75 Å². The van der Waals surface area contributed by atoms with Gasteiger partial charge in [-0.2, -0.15) is 0 Å². The third-order valence-corrected chi connectivity index (χ3v) is 2.02. The Balaban J connectivity index is 2.90. The number of aromatic hydroxyl groups is 1. The zero-order valence-electron chi connectivity index (χ0n) is 8.28. The predicted molar refractivity (Wildman–Crippen MR) is 52.3 cm³/mol. The lowest BCUT2D eigenvalue weighted by atomic mass is 9.85. The molecule has 0 saturated heterocycles. The summed E-state index contributed by atoms with van der Waals surface area (Å²) in [6.07, 6.45) is 1.42. The molecule has 0 bridgehead atoms. The molecule has 0 saturated carbocycles. The minimum atomic E-state index is -0.104. The molecule has 0 radical (unpaired) electrons. The summed E-state index contributed by atoms with van der Waals surface area (Å²) < 4.78 is 0. The van der Waals surface area contributed by atoms with Crippen LogP contribution in [0.4, 0.5) is 0 Å². The lowest BCUT2D eigenvalue weighted by Gasteiger charge is -2.26. The van der Waals surface area contributed by atoms with Crippen LogP contribution >= 0.6 is 0 Å². The molecule has 1 aromatic heterocycles. The topological polar surface area (TPSA) is 59.1 Å². The second-order valence-corrected chi connectivity index (χ2v) is 4.28. The Bertz CT molecular complexity index is 274. The molecule has 1 rings (SSSR count). The first-order valence-corrected chi connectivity index (χ1v) is 4.32. The first-order valence-electron chi connectivity index (χ1n) is 4.32. The van der Waals surface area contributed by atoms with E-state index in [0.29, 0.717) is 0 Å². The van der Waals surface area contributed by atoms with E-state index in [0.717, 1.165) is 5.69 Å². The van der Waals surface area contributed by atoms with E-state index in [1.54, 1.807) is 12.1 Å². The van der Waals surface area contributed by atoms with Gasteiger partial charge in [0.2, 0.25) is 0 Å². The standard InChI is InChI=1S/C10H16N2O/c1-10(2,3)9(11)8-5-4-7(13)6-12-8/h4-6,9,13H,11H2,1-3H3/t9-/m1/s1. The van der Waals surface area contributed by atoms with Gasteiger partial charge in [-0.05, 0) is 17.5 Å². The molecule has 1 aromatic rings. The number of hydrogen-bond donors (Lipinski definition) is 2. The molecular weight excluding hydrogens is 164 g/mol. The van der Waals surface area contributed by atoms with Gasteiger partial charge in [-0.25, -0.2) is 0 Å². The maximum absolute atomic E-state index is 9.04. The van der Waals surface area contributed by atoms with Crippen molar-refractivity contribution in [1.29, 1.82) is 0 Å². The van der Waals surface area contributed by atoms with Gasteiger partial charge in [0.1, 0.15) is 5.75 Å². The average molecular weight is 180 g/mol. The summed E-state index contributed by atoms with van der Waals surface area (Å²) in [5.74, 6) is 0.171. The SMILES string of the molecule is CC(C)(C)[C@H](N)c1ccc(O)cn1. The van der Waals surface area contributed by atoms with Gasteiger partial charge in [-0.15, -0.1) is 0 Å². The Morgan fingerprint density at radius 3 is 2.38 bits per heavy atom. The van der Waals surface area contributed by atoms with Crippen LogP contribution in [-0.2, 0) is 0 Å². The van der Waals surface area contributed by atoms with Gasteiger partial charge in [0, 0.05) is 0 Å². The van der Waals surface area contributed by atoms with Crippen LogP contribution in [0.2, 0.25) is 0 Å². The van der Waals surface area contributed by atoms with Crippen LogP contribution in [0.5, 0.6) is 5.75 Å².